The van der Waals surface area contributed by atoms with E-state index in [4.69, 9.17) is 7.48 Å². The first kappa shape index (κ1) is 21.7. The van der Waals surface area contributed by atoms with Crippen LogP contribution < -0.4 is 10.9 Å². The van der Waals surface area contributed by atoms with Gasteiger partial charge in [-0.1, -0.05) is 13.0 Å². The fourth-order valence-corrected chi connectivity index (χ4v) is 6.13. The smallest absolute Gasteiger partial charge is 0.377 e. The zero-order valence-corrected chi connectivity index (χ0v) is 21.0. The number of fused-ring (bicyclic) bond motifs is 3. The molecule has 1 amide bonds. The molecule has 2 atom stereocenters. The zero-order valence-electron chi connectivity index (χ0n) is 20.6. The zero-order chi connectivity index (χ0) is 26.9. The molecule has 0 aromatic carbocycles. The molecule has 35 heavy (non-hydrogen) atoms. The Morgan fingerprint density at radius 1 is 1.43 bits per heavy atom. The number of nitrogens with zero attached hydrogens (tertiary/aromatic N) is 4. The molecule has 2 aliphatic heterocycles. The Labute approximate surface area is 212 Å². The Morgan fingerprint density at radius 3 is 2.91 bits per heavy atom. The first-order valence-corrected chi connectivity index (χ1v) is 12.5. The van der Waals surface area contributed by atoms with Gasteiger partial charge in [0.25, 0.3) is 5.56 Å². The fraction of sp³-hybridized carbons (Fsp3) is 0.455. The molecule has 5 heterocycles. The number of hydrogen-bond donors (Lipinski definition) is 1. The van der Waals surface area contributed by atoms with Crippen LogP contribution in [0.5, 0.6) is 0 Å². The van der Waals surface area contributed by atoms with Gasteiger partial charge >= 0.3 is 6.18 Å². The van der Waals surface area contributed by atoms with Gasteiger partial charge in [0.1, 0.15) is 15.4 Å². The van der Waals surface area contributed by atoms with Crippen LogP contribution in [-0.2, 0) is 15.7 Å². The lowest BCUT2D eigenvalue weighted by Gasteiger charge is -2.16. The molecule has 0 fully saturated rings. The quantitative estimate of drug-likeness (QED) is 0.480. The monoisotopic (exact) mass is 573 g/mol. The Morgan fingerprint density at radius 2 is 2.20 bits per heavy atom. The summed E-state index contributed by atoms with van der Waals surface area (Å²) in [6, 6.07) is -0.851. The lowest BCUT2D eigenvalue weighted by molar-refractivity contribution is -0.134. The number of rotatable bonds is 3. The number of aromatic nitrogens is 4. The summed E-state index contributed by atoms with van der Waals surface area (Å²) in [7, 11) is 0. The second kappa shape index (κ2) is 8.86. The van der Waals surface area contributed by atoms with E-state index in [0.29, 0.717) is 29.0 Å². The predicted molar refractivity (Wildman–Crippen MR) is 128 cm³/mol. The predicted octanol–water partition coefficient (Wildman–Crippen LogP) is 4.92. The highest BCUT2D eigenvalue weighted by Crippen LogP contribution is 2.42. The van der Waals surface area contributed by atoms with Crippen molar-refractivity contribution in [1.29, 1.82) is 0 Å². The Balaban J connectivity index is 1.55. The standard InChI is InChI=1S/C22H21BrF3N5O3S/c1-10-8-14(19(32)27-13-9-35-17(11(13)2)22(24,25)26)30-16(10)15(23)20(33)31-21(30)28-18(29-31)12-4-3-6-34-7-5-12/h5,9-10,14H,3-4,6-8H2,1-2H3,(H,27,32)/i6D2. The highest BCUT2D eigenvalue weighted by atomic mass is 79.9. The van der Waals surface area contributed by atoms with Crippen molar-refractivity contribution in [2.75, 3.05) is 18.5 Å². The largest absolute Gasteiger partial charge is 0.425 e. The minimum Gasteiger partial charge on any atom is -0.377 e. The molecule has 186 valence electrons. The molecule has 3 aromatic rings. The summed E-state index contributed by atoms with van der Waals surface area (Å²) in [6.45, 7) is 1.37. The maximum Gasteiger partial charge on any atom is 0.425 e. The van der Waals surface area contributed by atoms with Crippen LogP contribution in [0.2, 0.25) is 0 Å². The first-order valence-electron chi connectivity index (χ1n) is 11.8. The summed E-state index contributed by atoms with van der Waals surface area (Å²) >= 11 is 3.86. The summed E-state index contributed by atoms with van der Waals surface area (Å²) in [4.78, 5) is 30.2. The van der Waals surface area contributed by atoms with Crippen LogP contribution in [0.1, 0.15) is 62.8 Å². The second-order valence-corrected chi connectivity index (χ2v) is 10.1. The lowest BCUT2D eigenvalue weighted by Crippen LogP contribution is -2.28. The van der Waals surface area contributed by atoms with Crippen LogP contribution in [0, 0.1) is 6.92 Å². The summed E-state index contributed by atoms with van der Waals surface area (Å²) in [5.41, 5.74) is 0.715. The summed E-state index contributed by atoms with van der Waals surface area (Å²) in [6.07, 6.45) is -2.19. The van der Waals surface area contributed by atoms with E-state index in [1.165, 1.54) is 12.3 Å². The van der Waals surface area contributed by atoms with Crippen molar-refractivity contribution in [2.45, 2.75) is 51.2 Å². The number of halogens is 4. The van der Waals surface area contributed by atoms with Crippen molar-refractivity contribution in [3.8, 4) is 0 Å². The fourth-order valence-electron chi connectivity index (χ4n) is 4.49. The van der Waals surface area contributed by atoms with E-state index in [0.717, 1.165) is 4.52 Å². The van der Waals surface area contributed by atoms with Crippen LogP contribution in [0.3, 0.4) is 0 Å². The summed E-state index contributed by atoms with van der Waals surface area (Å²) < 4.78 is 63.4. The number of hydrogen-bond acceptors (Lipinski definition) is 6. The highest BCUT2D eigenvalue weighted by molar-refractivity contribution is 9.10. The molecule has 2 aliphatic rings. The van der Waals surface area contributed by atoms with E-state index >= 15 is 0 Å². The average Bonchev–Trinajstić information content (AvgIpc) is 3.46. The SMILES string of the molecule is [2H]C1([2H])CCC(c2nc3n4c(c(Br)c(=O)n3n2)C(C)CC4C(=O)Nc2csc(C(F)(F)F)c2C)=CCO1. The summed E-state index contributed by atoms with van der Waals surface area (Å²) in [5.74, 6) is -0.421. The molecule has 0 aliphatic carbocycles. The van der Waals surface area contributed by atoms with Gasteiger partial charge in [-0.15, -0.1) is 16.4 Å². The number of carbonyl (C=O) groups is 1. The molecule has 0 saturated carbocycles. The van der Waals surface area contributed by atoms with E-state index in [-0.39, 0.29) is 52.7 Å². The Hall–Kier alpha value is -2.51. The van der Waals surface area contributed by atoms with Gasteiger partial charge in [-0.3, -0.25) is 14.2 Å². The Bertz CT molecular complexity index is 1510. The number of ether oxygens (including phenoxy) is 1. The van der Waals surface area contributed by atoms with E-state index < -0.39 is 35.1 Å². The van der Waals surface area contributed by atoms with Gasteiger partial charge < -0.3 is 10.1 Å². The van der Waals surface area contributed by atoms with Gasteiger partial charge in [-0.2, -0.15) is 22.7 Å². The van der Waals surface area contributed by atoms with Gasteiger partial charge in [-0.25, -0.2) is 0 Å². The average molecular weight is 574 g/mol. The third-order valence-electron chi connectivity index (χ3n) is 6.18. The molecular weight excluding hydrogens is 551 g/mol. The van der Waals surface area contributed by atoms with Crippen molar-refractivity contribution in [2.24, 2.45) is 0 Å². The van der Waals surface area contributed by atoms with Crippen LogP contribution in [0.4, 0.5) is 18.9 Å². The van der Waals surface area contributed by atoms with Crippen molar-refractivity contribution in [1.82, 2.24) is 19.2 Å². The lowest BCUT2D eigenvalue weighted by atomic mass is 10.0. The number of nitrogens with one attached hydrogen (secondary N) is 1. The maximum atomic E-state index is 13.4. The molecule has 5 rings (SSSR count). The maximum absolute atomic E-state index is 13.4. The van der Waals surface area contributed by atoms with Gasteiger partial charge in [0.05, 0.1) is 15.0 Å². The summed E-state index contributed by atoms with van der Waals surface area (Å²) in [5, 5.41) is 8.24. The normalized spacial score (nSPS) is 22.9. The van der Waals surface area contributed by atoms with E-state index in [9.17, 15) is 22.8 Å². The molecule has 13 heteroatoms. The third kappa shape index (κ3) is 4.12. The molecule has 0 radical (unpaired) electrons. The van der Waals surface area contributed by atoms with Crippen LogP contribution >= 0.6 is 27.3 Å². The number of alkyl halides is 3. The first-order chi connectivity index (χ1) is 17.3. The number of thiophene rings is 1. The molecule has 0 saturated heterocycles. The third-order valence-corrected chi connectivity index (χ3v) is 8.05. The molecular formula is C22H21BrF3N5O3S. The highest BCUT2D eigenvalue weighted by Gasteiger charge is 2.39. The van der Waals surface area contributed by atoms with Crippen LogP contribution in [0.25, 0.3) is 11.4 Å². The van der Waals surface area contributed by atoms with Gasteiger partial charge in [-0.05, 0) is 53.3 Å². The molecule has 8 nitrogen and oxygen atoms in total. The van der Waals surface area contributed by atoms with Crippen molar-refractivity contribution in [3.63, 3.8) is 0 Å². The number of allylic oxidation sites excluding steroid dienone is 1. The number of amides is 1. The molecule has 3 aromatic heterocycles. The molecule has 1 N–H and O–H groups in total. The van der Waals surface area contributed by atoms with Gasteiger partial charge in [0, 0.05) is 23.6 Å². The van der Waals surface area contributed by atoms with Crippen LogP contribution in [0.15, 0.2) is 20.7 Å². The minimum atomic E-state index is -4.52. The van der Waals surface area contributed by atoms with Crippen molar-refractivity contribution < 1.29 is 25.4 Å². The van der Waals surface area contributed by atoms with Crippen molar-refractivity contribution in [3.05, 3.63) is 48.2 Å². The molecule has 2 unspecified atom stereocenters. The number of carbonyl (C=O) groups excluding carboxylic acids is 1. The number of anilines is 1. The van der Waals surface area contributed by atoms with Gasteiger partial charge in [0.15, 0.2) is 5.82 Å². The second-order valence-electron chi connectivity index (χ2n) is 8.45. The molecule has 0 bridgehead atoms. The van der Waals surface area contributed by atoms with E-state index in [1.54, 1.807) is 10.6 Å². The van der Waals surface area contributed by atoms with Crippen molar-refractivity contribution >= 4 is 50.2 Å². The Kier molecular flexibility index (Phi) is 5.50. The topological polar surface area (TPSA) is 90.5 Å². The van der Waals surface area contributed by atoms with E-state index in [1.807, 2.05) is 6.92 Å². The van der Waals surface area contributed by atoms with Gasteiger partial charge in [0.2, 0.25) is 11.7 Å². The minimum absolute atomic E-state index is 0.0129. The van der Waals surface area contributed by atoms with E-state index in [2.05, 4.69) is 31.3 Å². The molecule has 0 spiro atoms. The van der Waals surface area contributed by atoms with Crippen LogP contribution in [-0.4, -0.2) is 38.2 Å².